The molecule has 8 heteroatoms. The van der Waals surface area contributed by atoms with Gasteiger partial charge in [0.2, 0.25) is 15.9 Å². The Bertz CT molecular complexity index is 463. The summed E-state index contributed by atoms with van der Waals surface area (Å²) in [5, 5.41) is 2.61. The molecule has 1 aliphatic rings. The molecule has 1 fully saturated rings. The fraction of sp³-hybridized carbons (Fsp3) is 0.846. The Morgan fingerprint density at radius 3 is 2.67 bits per heavy atom. The highest BCUT2D eigenvalue weighted by Gasteiger charge is 2.37. The van der Waals surface area contributed by atoms with E-state index in [9.17, 15) is 18.0 Å². The molecule has 122 valence electrons. The van der Waals surface area contributed by atoms with Crippen LogP contribution in [0.15, 0.2) is 0 Å². The molecule has 0 aromatic heterocycles. The molecule has 21 heavy (non-hydrogen) atoms. The van der Waals surface area contributed by atoms with Crippen LogP contribution in [0.25, 0.3) is 0 Å². The summed E-state index contributed by atoms with van der Waals surface area (Å²) in [6, 6.07) is -0.649. The fourth-order valence-electron chi connectivity index (χ4n) is 2.35. The molecule has 1 atom stereocenters. The molecule has 0 aliphatic carbocycles. The molecule has 7 nitrogen and oxygen atoms in total. The van der Waals surface area contributed by atoms with Gasteiger partial charge in [-0.25, -0.2) is 8.42 Å². The molecule has 1 unspecified atom stereocenters. The van der Waals surface area contributed by atoms with Crippen molar-refractivity contribution in [3.8, 4) is 0 Å². The van der Waals surface area contributed by atoms with Gasteiger partial charge in [-0.1, -0.05) is 6.92 Å². The van der Waals surface area contributed by atoms with Crippen LogP contribution in [0.1, 0.15) is 39.5 Å². The van der Waals surface area contributed by atoms with Crippen LogP contribution in [0.4, 0.5) is 0 Å². The molecule has 0 aromatic carbocycles. The number of carbonyl (C=O) groups is 2. The number of nitrogens with one attached hydrogen (secondary N) is 1. The zero-order valence-electron chi connectivity index (χ0n) is 12.6. The lowest BCUT2D eigenvalue weighted by Gasteiger charge is -2.23. The number of nitrogens with zero attached hydrogens (tertiary/aromatic N) is 1. The minimum Gasteiger partial charge on any atom is -0.466 e. The Hall–Kier alpha value is -1.15. The average molecular weight is 320 g/mol. The first-order chi connectivity index (χ1) is 9.92. The maximum atomic E-state index is 12.1. The van der Waals surface area contributed by atoms with E-state index in [-0.39, 0.29) is 30.6 Å². The number of ether oxygens (including phenoxy) is 1. The predicted molar refractivity (Wildman–Crippen MR) is 78.1 cm³/mol. The second-order valence-corrected chi connectivity index (χ2v) is 6.97. The standard InChI is InChI=1S/C13H24N2O5S/c1-3-10-21(18,19)15-9-5-6-11(15)13(17)14-8-7-12(16)20-4-2/h11H,3-10H2,1-2H3,(H,14,17). The summed E-state index contributed by atoms with van der Waals surface area (Å²) >= 11 is 0. The second kappa shape index (κ2) is 8.33. The van der Waals surface area contributed by atoms with Crippen LogP contribution in [0, 0.1) is 0 Å². The maximum Gasteiger partial charge on any atom is 0.307 e. The zero-order valence-corrected chi connectivity index (χ0v) is 13.4. The summed E-state index contributed by atoms with van der Waals surface area (Å²) in [5.74, 6) is -0.657. The lowest BCUT2D eigenvalue weighted by Crippen LogP contribution is -2.46. The molecular weight excluding hydrogens is 296 g/mol. The molecule has 1 saturated heterocycles. The lowest BCUT2D eigenvalue weighted by molar-refractivity contribution is -0.143. The number of amides is 1. The van der Waals surface area contributed by atoms with Crippen molar-refractivity contribution in [2.75, 3.05) is 25.4 Å². The number of hydrogen-bond acceptors (Lipinski definition) is 5. The first-order valence-electron chi connectivity index (χ1n) is 7.35. The first-order valence-corrected chi connectivity index (χ1v) is 8.96. The Morgan fingerprint density at radius 2 is 2.05 bits per heavy atom. The van der Waals surface area contributed by atoms with E-state index in [1.165, 1.54) is 4.31 Å². The van der Waals surface area contributed by atoms with Crippen molar-refractivity contribution >= 4 is 21.9 Å². The van der Waals surface area contributed by atoms with Gasteiger partial charge in [0.05, 0.1) is 18.8 Å². The number of esters is 1. The molecule has 0 bridgehead atoms. The summed E-state index contributed by atoms with van der Waals surface area (Å²) in [5.41, 5.74) is 0. The molecule has 0 aromatic rings. The Kier molecular flexibility index (Phi) is 7.10. The maximum absolute atomic E-state index is 12.1. The minimum atomic E-state index is -3.37. The van der Waals surface area contributed by atoms with Gasteiger partial charge in [0, 0.05) is 13.1 Å². The molecule has 1 N–H and O–H groups in total. The molecule has 1 amide bonds. The topological polar surface area (TPSA) is 92.8 Å². The van der Waals surface area contributed by atoms with Crippen molar-refractivity contribution in [1.29, 1.82) is 0 Å². The van der Waals surface area contributed by atoms with Crippen LogP contribution < -0.4 is 5.32 Å². The van der Waals surface area contributed by atoms with Crippen molar-refractivity contribution in [1.82, 2.24) is 9.62 Å². The smallest absolute Gasteiger partial charge is 0.307 e. The molecule has 0 spiro atoms. The van der Waals surface area contributed by atoms with Crippen LogP contribution >= 0.6 is 0 Å². The third-order valence-electron chi connectivity index (χ3n) is 3.26. The van der Waals surface area contributed by atoms with Crippen molar-refractivity contribution in [2.45, 2.75) is 45.6 Å². The van der Waals surface area contributed by atoms with Crippen molar-refractivity contribution in [3.63, 3.8) is 0 Å². The van der Waals surface area contributed by atoms with Crippen molar-refractivity contribution in [3.05, 3.63) is 0 Å². The van der Waals surface area contributed by atoms with E-state index in [4.69, 9.17) is 4.74 Å². The molecule has 1 aliphatic heterocycles. The molecular formula is C13H24N2O5S. The monoisotopic (exact) mass is 320 g/mol. The van der Waals surface area contributed by atoms with Gasteiger partial charge in [-0.05, 0) is 26.2 Å². The van der Waals surface area contributed by atoms with Crippen molar-refractivity contribution in [2.24, 2.45) is 0 Å². The Labute approximate surface area is 126 Å². The molecule has 0 radical (unpaired) electrons. The van der Waals surface area contributed by atoms with Gasteiger partial charge in [0.1, 0.15) is 6.04 Å². The number of rotatable bonds is 8. The van der Waals surface area contributed by atoms with E-state index >= 15 is 0 Å². The summed E-state index contributed by atoms with van der Waals surface area (Å²) in [6.07, 6.45) is 1.82. The highest BCUT2D eigenvalue weighted by molar-refractivity contribution is 7.89. The van der Waals surface area contributed by atoms with Gasteiger partial charge in [-0.3, -0.25) is 9.59 Å². The third-order valence-corrected chi connectivity index (χ3v) is 5.34. The van der Waals surface area contributed by atoms with Gasteiger partial charge in [0.15, 0.2) is 0 Å². The summed E-state index contributed by atoms with van der Waals surface area (Å²) in [7, 11) is -3.37. The highest BCUT2D eigenvalue weighted by Crippen LogP contribution is 2.21. The first kappa shape index (κ1) is 17.9. The van der Waals surface area contributed by atoms with Crippen molar-refractivity contribution < 1.29 is 22.7 Å². The van der Waals surface area contributed by atoms with Gasteiger partial charge >= 0.3 is 5.97 Å². The van der Waals surface area contributed by atoms with E-state index in [2.05, 4.69) is 5.32 Å². The van der Waals surface area contributed by atoms with Gasteiger partial charge in [0.25, 0.3) is 0 Å². The highest BCUT2D eigenvalue weighted by atomic mass is 32.2. The van der Waals surface area contributed by atoms with E-state index in [0.29, 0.717) is 32.4 Å². The van der Waals surface area contributed by atoms with Crippen LogP contribution in [-0.4, -0.2) is 56.1 Å². The van der Waals surface area contributed by atoms with E-state index in [1.807, 2.05) is 0 Å². The summed E-state index contributed by atoms with van der Waals surface area (Å²) in [6.45, 7) is 4.36. The summed E-state index contributed by atoms with van der Waals surface area (Å²) < 4.78 is 30.2. The van der Waals surface area contributed by atoms with Gasteiger partial charge < -0.3 is 10.1 Å². The largest absolute Gasteiger partial charge is 0.466 e. The quantitative estimate of drug-likeness (QED) is 0.648. The van der Waals surface area contributed by atoms with E-state index < -0.39 is 16.1 Å². The van der Waals surface area contributed by atoms with E-state index in [1.54, 1.807) is 13.8 Å². The minimum absolute atomic E-state index is 0.0552. The number of carbonyl (C=O) groups excluding carboxylic acids is 2. The second-order valence-electron chi connectivity index (χ2n) is 4.93. The van der Waals surface area contributed by atoms with Crippen LogP contribution in [0.3, 0.4) is 0 Å². The molecule has 1 heterocycles. The Balaban J connectivity index is 2.51. The summed E-state index contributed by atoms with van der Waals surface area (Å²) in [4.78, 5) is 23.3. The normalized spacial score (nSPS) is 19.4. The number of hydrogen-bond donors (Lipinski definition) is 1. The zero-order chi connectivity index (χ0) is 15.9. The van der Waals surface area contributed by atoms with E-state index in [0.717, 1.165) is 0 Å². The predicted octanol–water partition coefficient (Wildman–Crippen LogP) is 0.260. The van der Waals surface area contributed by atoms with Gasteiger partial charge in [-0.2, -0.15) is 4.31 Å². The molecule has 0 saturated carbocycles. The third kappa shape index (κ3) is 5.28. The Morgan fingerprint density at radius 1 is 1.33 bits per heavy atom. The SMILES string of the molecule is CCCS(=O)(=O)N1CCCC1C(=O)NCCC(=O)OCC. The average Bonchev–Trinajstić information content (AvgIpc) is 2.89. The van der Waals surface area contributed by atoms with Gasteiger partial charge in [-0.15, -0.1) is 0 Å². The van der Waals surface area contributed by atoms with Crippen LogP contribution in [-0.2, 0) is 24.3 Å². The number of sulfonamides is 1. The van der Waals surface area contributed by atoms with Crippen LogP contribution in [0.5, 0.6) is 0 Å². The molecule has 1 rings (SSSR count). The van der Waals surface area contributed by atoms with Crippen LogP contribution in [0.2, 0.25) is 0 Å². The lowest BCUT2D eigenvalue weighted by atomic mass is 10.2. The fourth-order valence-corrected chi connectivity index (χ4v) is 4.10.